The molecule has 0 unspecified atom stereocenters. The van der Waals surface area contributed by atoms with Crippen molar-refractivity contribution in [3.05, 3.63) is 58.7 Å². The molecule has 0 spiro atoms. The minimum Gasteiger partial charge on any atom is -0.491 e. The Balaban J connectivity index is 2.22. The smallest absolute Gasteiger partial charge is 0.250 e. The standard InChI is InChI=1S/C18H16F4N2O4S/c1-23-18(25)11-7-9-5-3-4-6-10(9)8-24(11)29(26,27)17-14(21)12(19)16(28-2)13(20)15(17)22/h3-6,11H,7-8H2,1-2H3,(H,23,25)/t11-/m1/s1. The lowest BCUT2D eigenvalue weighted by atomic mass is 9.95. The van der Waals surface area contributed by atoms with Crippen molar-refractivity contribution in [3.63, 3.8) is 0 Å². The maximum atomic E-state index is 14.5. The minimum absolute atomic E-state index is 0.0839. The highest BCUT2D eigenvalue weighted by Crippen LogP contribution is 2.36. The van der Waals surface area contributed by atoms with Crippen LogP contribution in [0.3, 0.4) is 0 Å². The number of likely N-dealkylation sites (N-methyl/N-ethyl adjacent to an activating group) is 1. The van der Waals surface area contributed by atoms with E-state index in [-0.39, 0.29) is 6.42 Å². The van der Waals surface area contributed by atoms with E-state index in [2.05, 4.69) is 10.1 Å². The lowest BCUT2D eigenvalue weighted by Gasteiger charge is -2.34. The number of fused-ring (bicyclic) bond motifs is 1. The fourth-order valence-corrected chi connectivity index (χ4v) is 4.94. The second-order valence-electron chi connectivity index (χ2n) is 6.27. The van der Waals surface area contributed by atoms with Crippen molar-refractivity contribution in [2.75, 3.05) is 14.2 Å². The average Bonchev–Trinajstić information content (AvgIpc) is 2.71. The fourth-order valence-electron chi connectivity index (χ4n) is 3.26. The van der Waals surface area contributed by atoms with Crippen molar-refractivity contribution in [1.29, 1.82) is 0 Å². The molecule has 0 saturated carbocycles. The number of hydrogen-bond acceptors (Lipinski definition) is 4. The molecule has 1 amide bonds. The number of benzene rings is 2. The lowest BCUT2D eigenvalue weighted by molar-refractivity contribution is -0.124. The first kappa shape index (κ1) is 21.1. The number of carbonyl (C=O) groups excluding carboxylic acids is 1. The maximum absolute atomic E-state index is 14.5. The molecule has 11 heteroatoms. The molecule has 1 aliphatic rings. The molecule has 0 radical (unpaired) electrons. The molecule has 156 valence electrons. The summed E-state index contributed by atoms with van der Waals surface area (Å²) in [7, 11) is -3.11. The van der Waals surface area contributed by atoms with Gasteiger partial charge in [-0.25, -0.2) is 17.2 Å². The van der Waals surface area contributed by atoms with E-state index in [1.165, 1.54) is 7.05 Å². The first-order valence-corrected chi connectivity index (χ1v) is 9.79. The Kier molecular flexibility index (Phi) is 5.54. The molecule has 1 aliphatic heterocycles. The van der Waals surface area contributed by atoms with Crippen LogP contribution in [0.25, 0.3) is 0 Å². The van der Waals surface area contributed by atoms with E-state index in [0.717, 1.165) is 7.11 Å². The van der Waals surface area contributed by atoms with E-state index in [9.17, 15) is 30.8 Å². The van der Waals surface area contributed by atoms with Crippen LogP contribution in [0.5, 0.6) is 5.75 Å². The molecule has 0 fully saturated rings. The monoisotopic (exact) mass is 432 g/mol. The zero-order valence-corrected chi connectivity index (χ0v) is 16.1. The van der Waals surface area contributed by atoms with Gasteiger partial charge in [0.2, 0.25) is 27.6 Å². The second-order valence-corrected chi connectivity index (χ2v) is 8.10. The number of ether oxygens (including phenoxy) is 1. The number of amides is 1. The normalized spacial score (nSPS) is 17.0. The van der Waals surface area contributed by atoms with Gasteiger partial charge >= 0.3 is 0 Å². The van der Waals surface area contributed by atoms with E-state index in [1.807, 2.05) is 0 Å². The molecule has 0 aromatic heterocycles. The van der Waals surface area contributed by atoms with Crippen molar-refractivity contribution in [2.45, 2.75) is 23.9 Å². The molecule has 1 heterocycles. The van der Waals surface area contributed by atoms with Crippen LogP contribution in [-0.2, 0) is 27.8 Å². The van der Waals surface area contributed by atoms with Gasteiger partial charge in [0.1, 0.15) is 6.04 Å². The van der Waals surface area contributed by atoms with Gasteiger partial charge in [0.25, 0.3) is 0 Å². The summed E-state index contributed by atoms with van der Waals surface area (Å²) in [5, 5.41) is 2.29. The van der Waals surface area contributed by atoms with Gasteiger partial charge in [0.05, 0.1) is 7.11 Å². The number of halogens is 4. The number of rotatable bonds is 4. The van der Waals surface area contributed by atoms with Crippen LogP contribution in [0.2, 0.25) is 0 Å². The molecule has 0 saturated heterocycles. The van der Waals surface area contributed by atoms with Gasteiger partial charge in [-0.05, 0) is 17.5 Å². The molecule has 0 bridgehead atoms. The van der Waals surface area contributed by atoms with Crippen LogP contribution in [-0.4, -0.2) is 38.8 Å². The van der Waals surface area contributed by atoms with Gasteiger partial charge in [-0.15, -0.1) is 0 Å². The Morgan fingerprint density at radius 3 is 2.14 bits per heavy atom. The molecule has 2 aromatic carbocycles. The van der Waals surface area contributed by atoms with Crippen molar-refractivity contribution >= 4 is 15.9 Å². The Labute approximate surface area is 164 Å². The van der Waals surface area contributed by atoms with E-state index in [1.54, 1.807) is 24.3 Å². The predicted octanol–water partition coefficient (Wildman–Crippen LogP) is 2.11. The molecule has 1 atom stereocenters. The highest BCUT2D eigenvalue weighted by molar-refractivity contribution is 7.89. The number of nitrogens with one attached hydrogen (secondary N) is 1. The van der Waals surface area contributed by atoms with Crippen LogP contribution in [0, 0.1) is 23.3 Å². The van der Waals surface area contributed by atoms with Gasteiger partial charge < -0.3 is 10.1 Å². The number of sulfonamides is 1. The van der Waals surface area contributed by atoms with E-state index in [4.69, 9.17) is 0 Å². The summed E-state index contributed by atoms with van der Waals surface area (Å²) in [4.78, 5) is 10.5. The van der Waals surface area contributed by atoms with E-state index in [0.29, 0.717) is 15.4 Å². The topological polar surface area (TPSA) is 75.7 Å². The van der Waals surface area contributed by atoms with Crippen molar-refractivity contribution in [3.8, 4) is 5.75 Å². The summed E-state index contributed by atoms with van der Waals surface area (Å²) >= 11 is 0. The second kappa shape index (κ2) is 7.64. The zero-order chi connectivity index (χ0) is 21.5. The molecule has 2 aromatic rings. The van der Waals surface area contributed by atoms with Crippen LogP contribution in [0.4, 0.5) is 17.6 Å². The predicted molar refractivity (Wildman–Crippen MR) is 93.6 cm³/mol. The van der Waals surface area contributed by atoms with Crippen molar-refractivity contribution < 1.29 is 35.5 Å². The minimum atomic E-state index is -5.15. The third-order valence-corrected chi connectivity index (χ3v) is 6.58. The molecule has 1 N–H and O–H groups in total. The molecule has 0 aliphatic carbocycles. The van der Waals surface area contributed by atoms with Gasteiger partial charge in [-0.2, -0.15) is 13.1 Å². The van der Waals surface area contributed by atoms with Crippen LogP contribution in [0.1, 0.15) is 11.1 Å². The molecule has 6 nitrogen and oxygen atoms in total. The maximum Gasteiger partial charge on any atom is 0.250 e. The Hall–Kier alpha value is -2.66. The van der Waals surface area contributed by atoms with Crippen molar-refractivity contribution in [2.24, 2.45) is 0 Å². The SMILES string of the molecule is CNC(=O)[C@H]1Cc2ccccc2CN1S(=O)(=O)c1c(F)c(F)c(OC)c(F)c1F. The highest BCUT2D eigenvalue weighted by atomic mass is 32.2. The van der Waals surface area contributed by atoms with Gasteiger partial charge in [-0.3, -0.25) is 4.79 Å². The molecular formula is C18H16F4N2O4S. The van der Waals surface area contributed by atoms with Gasteiger partial charge in [-0.1, -0.05) is 24.3 Å². The first-order chi connectivity index (χ1) is 13.6. The van der Waals surface area contributed by atoms with Gasteiger partial charge in [0, 0.05) is 13.6 Å². The van der Waals surface area contributed by atoms with Crippen molar-refractivity contribution in [1.82, 2.24) is 9.62 Å². The Bertz CT molecular complexity index is 1060. The summed E-state index contributed by atoms with van der Waals surface area (Å²) in [5.74, 6) is -10.4. The van der Waals surface area contributed by atoms with Crippen LogP contribution >= 0.6 is 0 Å². The third-order valence-electron chi connectivity index (χ3n) is 4.71. The van der Waals surface area contributed by atoms with Gasteiger partial charge in [0.15, 0.2) is 22.3 Å². The fraction of sp³-hybridized carbons (Fsp3) is 0.278. The number of nitrogens with zero attached hydrogens (tertiary/aromatic N) is 1. The Morgan fingerprint density at radius 1 is 1.07 bits per heavy atom. The number of hydrogen-bond donors (Lipinski definition) is 1. The Morgan fingerprint density at radius 2 is 1.62 bits per heavy atom. The average molecular weight is 432 g/mol. The molecular weight excluding hydrogens is 416 g/mol. The highest BCUT2D eigenvalue weighted by Gasteiger charge is 2.44. The number of carbonyl (C=O) groups is 1. The summed E-state index contributed by atoms with van der Waals surface area (Å²) in [5.41, 5.74) is 1.16. The van der Waals surface area contributed by atoms with E-state index < -0.39 is 62.4 Å². The molecule has 29 heavy (non-hydrogen) atoms. The zero-order valence-electron chi connectivity index (χ0n) is 15.3. The van der Waals surface area contributed by atoms with Crippen LogP contribution < -0.4 is 10.1 Å². The first-order valence-electron chi connectivity index (χ1n) is 8.35. The van der Waals surface area contributed by atoms with E-state index >= 15 is 0 Å². The lowest BCUT2D eigenvalue weighted by Crippen LogP contribution is -2.52. The summed E-state index contributed by atoms with van der Waals surface area (Å²) < 4.78 is 88.1. The largest absolute Gasteiger partial charge is 0.491 e. The summed E-state index contributed by atoms with van der Waals surface area (Å²) in [6, 6.07) is 5.21. The third kappa shape index (κ3) is 3.33. The quantitative estimate of drug-likeness (QED) is 0.593. The summed E-state index contributed by atoms with van der Waals surface area (Å²) in [6.45, 7) is -0.412. The summed E-state index contributed by atoms with van der Waals surface area (Å²) in [6.07, 6.45) is -0.0839. The number of methoxy groups -OCH3 is 1. The van der Waals surface area contributed by atoms with Crippen LogP contribution in [0.15, 0.2) is 29.2 Å². The molecule has 3 rings (SSSR count).